The first-order valence-corrected chi connectivity index (χ1v) is 5.29. The van der Waals surface area contributed by atoms with Gasteiger partial charge in [0.15, 0.2) is 0 Å². The van der Waals surface area contributed by atoms with Crippen molar-refractivity contribution < 1.29 is 5.11 Å². The number of aliphatic hydroxyl groups excluding tert-OH is 1. The summed E-state index contributed by atoms with van der Waals surface area (Å²) in [6.07, 6.45) is -0.943. The van der Waals surface area contributed by atoms with Crippen molar-refractivity contribution in [2.45, 2.75) is 18.9 Å². The summed E-state index contributed by atoms with van der Waals surface area (Å²) < 4.78 is 0. The Bertz CT molecular complexity index is 542. The summed E-state index contributed by atoms with van der Waals surface area (Å²) in [4.78, 5) is 0. The third-order valence-corrected chi connectivity index (χ3v) is 2.91. The molecule has 1 N–H and O–H groups in total. The van der Waals surface area contributed by atoms with E-state index >= 15 is 0 Å². The molecule has 2 aromatic carbocycles. The van der Waals surface area contributed by atoms with Crippen molar-refractivity contribution in [1.82, 2.24) is 0 Å². The maximum absolute atomic E-state index is 9.49. The molecule has 0 amide bonds. The molecule has 2 nitrogen and oxygen atoms in total. The highest BCUT2D eigenvalue weighted by atomic mass is 16.3. The molecule has 0 aromatic heterocycles. The van der Waals surface area contributed by atoms with Crippen molar-refractivity contribution in [1.29, 1.82) is 5.26 Å². The van der Waals surface area contributed by atoms with Gasteiger partial charge in [-0.15, -0.1) is 0 Å². The molecule has 0 fully saturated rings. The zero-order valence-electron chi connectivity index (χ0n) is 9.09. The average molecular weight is 211 g/mol. The van der Waals surface area contributed by atoms with E-state index in [1.165, 1.54) is 5.39 Å². The predicted octanol–water partition coefficient (Wildman–Crippen LogP) is 2.83. The molecular formula is C14H13NO. The van der Waals surface area contributed by atoms with E-state index in [9.17, 15) is 5.11 Å². The van der Waals surface area contributed by atoms with Crippen molar-refractivity contribution in [2.75, 3.05) is 0 Å². The van der Waals surface area contributed by atoms with Gasteiger partial charge in [0.2, 0.25) is 0 Å². The minimum Gasteiger partial charge on any atom is -0.378 e. The van der Waals surface area contributed by atoms with Crippen LogP contribution in [0.1, 0.15) is 18.4 Å². The van der Waals surface area contributed by atoms with Crippen LogP contribution in [0.15, 0.2) is 42.5 Å². The predicted molar refractivity (Wildman–Crippen MR) is 64.0 cm³/mol. The van der Waals surface area contributed by atoms with E-state index in [1.54, 1.807) is 0 Å². The van der Waals surface area contributed by atoms with E-state index in [2.05, 4.69) is 0 Å². The Kier molecular flexibility index (Phi) is 2.89. The molecule has 0 radical (unpaired) electrons. The number of hydrogen-bond donors (Lipinski definition) is 1. The lowest BCUT2D eigenvalue weighted by Crippen LogP contribution is -2.12. The topological polar surface area (TPSA) is 44.0 Å². The highest BCUT2D eigenvalue weighted by Crippen LogP contribution is 2.23. The Hall–Kier alpha value is -1.85. The van der Waals surface area contributed by atoms with Crippen molar-refractivity contribution in [3.63, 3.8) is 0 Å². The zero-order chi connectivity index (χ0) is 11.5. The summed E-state index contributed by atoms with van der Waals surface area (Å²) in [5, 5.41) is 20.5. The first kappa shape index (κ1) is 10.7. The van der Waals surface area contributed by atoms with E-state index in [0.717, 1.165) is 10.9 Å². The Labute approximate surface area is 94.8 Å². The van der Waals surface area contributed by atoms with Crippen LogP contribution in [0.3, 0.4) is 0 Å². The van der Waals surface area contributed by atoms with Gasteiger partial charge in [0.25, 0.3) is 0 Å². The molecular weight excluding hydrogens is 198 g/mol. The second-order valence-electron chi connectivity index (χ2n) is 3.97. The molecule has 0 heterocycles. The number of rotatable bonds is 2. The van der Waals surface area contributed by atoms with Crippen LogP contribution in [0.25, 0.3) is 10.8 Å². The van der Waals surface area contributed by atoms with Crippen LogP contribution in [-0.4, -0.2) is 11.2 Å². The summed E-state index contributed by atoms with van der Waals surface area (Å²) in [6.45, 7) is 1.86. The van der Waals surface area contributed by atoms with Crippen LogP contribution in [0.4, 0.5) is 0 Å². The van der Waals surface area contributed by atoms with Crippen LogP contribution in [0.2, 0.25) is 0 Å². The first-order chi connectivity index (χ1) is 7.72. The molecule has 2 atom stereocenters. The second kappa shape index (κ2) is 4.34. The van der Waals surface area contributed by atoms with Crippen LogP contribution >= 0.6 is 0 Å². The maximum Gasteiger partial charge on any atom is 0.147 e. The second-order valence-corrected chi connectivity index (χ2v) is 3.97. The third-order valence-electron chi connectivity index (χ3n) is 2.91. The van der Waals surface area contributed by atoms with Gasteiger partial charge in [0, 0.05) is 5.92 Å². The molecule has 0 aliphatic heterocycles. The Balaban J connectivity index is 2.44. The molecule has 16 heavy (non-hydrogen) atoms. The number of aliphatic hydroxyl groups is 1. The molecule has 0 saturated heterocycles. The van der Waals surface area contributed by atoms with Crippen LogP contribution < -0.4 is 0 Å². The first-order valence-electron chi connectivity index (χ1n) is 5.29. The lowest BCUT2D eigenvalue weighted by Gasteiger charge is -2.13. The quantitative estimate of drug-likeness (QED) is 0.776. The molecule has 0 aliphatic carbocycles. The van der Waals surface area contributed by atoms with Crippen molar-refractivity contribution >= 4 is 10.8 Å². The summed E-state index contributed by atoms with van der Waals surface area (Å²) in [6, 6.07) is 15.9. The van der Waals surface area contributed by atoms with Gasteiger partial charge < -0.3 is 5.11 Å². The molecule has 0 unspecified atom stereocenters. The van der Waals surface area contributed by atoms with E-state index in [-0.39, 0.29) is 5.92 Å². The van der Waals surface area contributed by atoms with E-state index < -0.39 is 6.10 Å². The number of hydrogen-bond acceptors (Lipinski definition) is 2. The zero-order valence-corrected chi connectivity index (χ0v) is 9.09. The van der Waals surface area contributed by atoms with Gasteiger partial charge in [0.1, 0.15) is 6.10 Å². The van der Waals surface area contributed by atoms with Gasteiger partial charge in [-0.3, -0.25) is 0 Å². The molecule has 2 heteroatoms. The Morgan fingerprint density at radius 1 is 1.12 bits per heavy atom. The highest BCUT2D eigenvalue weighted by Gasteiger charge is 2.15. The molecule has 80 valence electrons. The van der Waals surface area contributed by atoms with Gasteiger partial charge in [0.05, 0.1) is 6.07 Å². The van der Waals surface area contributed by atoms with Gasteiger partial charge in [-0.25, -0.2) is 0 Å². The monoisotopic (exact) mass is 211 g/mol. The number of nitrogens with zero attached hydrogens (tertiary/aromatic N) is 1. The molecule has 0 saturated carbocycles. The van der Waals surface area contributed by atoms with Crippen LogP contribution in [0, 0.1) is 11.3 Å². The summed E-state index contributed by atoms with van der Waals surface area (Å²) in [7, 11) is 0. The number of nitriles is 1. The fourth-order valence-corrected chi connectivity index (χ4v) is 1.79. The maximum atomic E-state index is 9.49. The SMILES string of the molecule is C[C@H](c1ccc2ccccc2c1)[C@H](O)C#N. The van der Waals surface area contributed by atoms with E-state index in [4.69, 9.17) is 5.26 Å². The largest absolute Gasteiger partial charge is 0.378 e. The lowest BCUT2D eigenvalue weighted by molar-refractivity contribution is 0.204. The summed E-state index contributed by atoms with van der Waals surface area (Å²) >= 11 is 0. The minimum absolute atomic E-state index is 0.158. The normalized spacial score (nSPS) is 14.3. The number of benzene rings is 2. The molecule has 2 rings (SSSR count). The van der Waals surface area contributed by atoms with Gasteiger partial charge in [-0.1, -0.05) is 49.4 Å². The smallest absolute Gasteiger partial charge is 0.147 e. The molecule has 0 aliphatic rings. The van der Waals surface area contributed by atoms with Crippen molar-refractivity contribution in [2.24, 2.45) is 0 Å². The summed E-state index contributed by atoms with van der Waals surface area (Å²) in [5.74, 6) is -0.158. The van der Waals surface area contributed by atoms with Gasteiger partial charge in [-0.2, -0.15) is 5.26 Å². The summed E-state index contributed by atoms with van der Waals surface area (Å²) in [5.41, 5.74) is 0.993. The van der Waals surface area contributed by atoms with E-state index in [1.807, 2.05) is 55.5 Å². The fraction of sp³-hybridized carbons (Fsp3) is 0.214. The van der Waals surface area contributed by atoms with Gasteiger partial charge in [-0.05, 0) is 16.3 Å². The Morgan fingerprint density at radius 2 is 1.81 bits per heavy atom. The fourth-order valence-electron chi connectivity index (χ4n) is 1.79. The van der Waals surface area contributed by atoms with Gasteiger partial charge >= 0.3 is 0 Å². The highest BCUT2D eigenvalue weighted by molar-refractivity contribution is 5.83. The Morgan fingerprint density at radius 3 is 2.50 bits per heavy atom. The molecule has 2 aromatic rings. The van der Waals surface area contributed by atoms with Crippen LogP contribution in [0.5, 0.6) is 0 Å². The molecule has 0 spiro atoms. The lowest BCUT2D eigenvalue weighted by atomic mass is 9.94. The van der Waals surface area contributed by atoms with Crippen LogP contribution in [-0.2, 0) is 0 Å². The molecule has 0 bridgehead atoms. The third kappa shape index (κ3) is 1.91. The van der Waals surface area contributed by atoms with Crippen molar-refractivity contribution in [3.05, 3.63) is 48.0 Å². The standard InChI is InChI=1S/C14H13NO/c1-10(14(16)9-15)12-7-6-11-4-2-3-5-13(11)8-12/h2-8,10,14,16H,1H3/t10-,14-/m1/s1. The van der Waals surface area contributed by atoms with E-state index in [0.29, 0.717) is 0 Å². The minimum atomic E-state index is -0.943. The number of fused-ring (bicyclic) bond motifs is 1. The average Bonchev–Trinajstić information content (AvgIpc) is 2.36. The van der Waals surface area contributed by atoms with Crippen molar-refractivity contribution in [3.8, 4) is 6.07 Å².